The van der Waals surface area contributed by atoms with Crippen LogP contribution in [0.2, 0.25) is 0 Å². The fourth-order valence-corrected chi connectivity index (χ4v) is 3.60. The van der Waals surface area contributed by atoms with E-state index in [1.807, 2.05) is 18.2 Å². The first kappa shape index (κ1) is 15.9. The van der Waals surface area contributed by atoms with Gasteiger partial charge in [0.05, 0.1) is 23.6 Å². The van der Waals surface area contributed by atoms with E-state index in [0.717, 1.165) is 48.1 Å². The number of nitrogens with zero attached hydrogens (tertiary/aromatic N) is 4. The Labute approximate surface area is 149 Å². The molecule has 25 heavy (non-hydrogen) atoms. The monoisotopic (exact) mass is 354 g/mol. The van der Waals surface area contributed by atoms with Gasteiger partial charge in [-0.25, -0.2) is 4.98 Å². The number of nitrogens with one attached hydrogen (secondary N) is 2. The molecule has 1 amide bonds. The van der Waals surface area contributed by atoms with Gasteiger partial charge in [0.15, 0.2) is 0 Å². The van der Waals surface area contributed by atoms with E-state index < -0.39 is 0 Å². The molecule has 0 bridgehead atoms. The lowest BCUT2D eigenvalue weighted by Gasteiger charge is -2.24. The quantitative estimate of drug-likeness (QED) is 0.729. The van der Waals surface area contributed by atoms with Crippen LogP contribution in [0.3, 0.4) is 0 Å². The van der Waals surface area contributed by atoms with E-state index in [1.54, 1.807) is 23.5 Å². The van der Waals surface area contributed by atoms with Crippen LogP contribution in [0.25, 0.3) is 0 Å². The highest BCUT2D eigenvalue weighted by Crippen LogP contribution is 2.18. The second-order valence-corrected chi connectivity index (χ2v) is 6.90. The second-order valence-electron chi connectivity index (χ2n) is 5.96. The van der Waals surface area contributed by atoms with Crippen molar-refractivity contribution >= 4 is 17.2 Å². The van der Waals surface area contributed by atoms with Crippen molar-refractivity contribution in [3.05, 3.63) is 63.4 Å². The molecule has 0 spiro atoms. The summed E-state index contributed by atoms with van der Waals surface area (Å²) in [7, 11) is 0. The maximum Gasteiger partial charge on any atom is 0.251 e. The Morgan fingerprint density at radius 1 is 1.24 bits per heavy atom. The average Bonchev–Trinajstić information content (AvgIpc) is 3.29. The lowest BCUT2D eigenvalue weighted by Crippen LogP contribution is -2.30. The highest BCUT2D eigenvalue weighted by Gasteiger charge is 2.20. The summed E-state index contributed by atoms with van der Waals surface area (Å²) in [5.74, 6) is -0.0769. The standard InChI is InChI=1S/C17H18N6OS/c24-17(12-4-2-1-3-5-12)18-8-16-19-13(11-25-16)9-23-7-6-14-15(10-23)21-22-20-14/h1-5,11H,6-10H2,(H,18,24)(H,20,21,22). The summed E-state index contributed by atoms with van der Waals surface area (Å²) in [5, 5.41) is 16.9. The van der Waals surface area contributed by atoms with Crippen LogP contribution in [0.5, 0.6) is 0 Å². The molecule has 1 aromatic carbocycles. The molecule has 1 aliphatic heterocycles. The van der Waals surface area contributed by atoms with E-state index in [1.165, 1.54) is 0 Å². The summed E-state index contributed by atoms with van der Waals surface area (Å²) in [6.45, 7) is 2.99. The van der Waals surface area contributed by atoms with Crippen LogP contribution in [0.4, 0.5) is 0 Å². The molecule has 4 rings (SSSR count). The summed E-state index contributed by atoms with van der Waals surface area (Å²) < 4.78 is 0. The predicted molar refractivity (Wildman–Crippen MR) is 93.9 cm³/mol. The normalized spacial score (nSPS) is 14.2. The van der Waals surface area contributed by atoms with Gasteiger partial charge in [-0.2, -0.15) is 15.4 Å². The first-order chi connectivity index (χ1) is 12.3. The van der Waals surface area contributed by atoms with Crippen LogP contribution in [0.1, 0.15) is 32.4 Å². The number of H-pyrrole nitrogens is 1. The fraction of sp³-hybridized carbons (Fsp3) is 0.294. The Hall–Kier alpha value is -2.58. The number of hydrogen-bond donors (Lipinski definition) is 2. The van der Waals surface area contributed by atoms with E-state index in [-0.39, 0.29) is 5.91 Å². The van der Waals surface area contributed by atoms with Gasteiger partial charge < -0.3 is 5.32 Å². The highest BCUT2D eigenvalue weighted by molar-refractivity contribution is 7.09. The molecule has 128 valence electrons. The molecule has 0 radical (unpaired) electrons. The molecule has 3 heterocycles. The van der Waals surface area contributed by atoms with Crippen LogP contribution >= 0.6 is 11.3 Å². The zero-order valence-electron chi connectivity index (χ0n) is 13.6. The van der Waals surface area contributed by atoms with Gasteiger partial charge in [0.1, 0.15) is 5.01 Å². The van der Waals surface area contributed by atoms with Crippen molar-refractivity contribution in [2.75, 3.05) is 6.54 Å². The van der Waals surface area contributed by atoms with Gasteiger partial charge in [0, 0.05) is 37.0 Å². The lowest BCUT2D eigenvalue weighted by atomic mass is 10.1. The Kier molecular flexibility index (Phi) is 4.53. The minimum Gasteiger partial charge on any atom is -0.346 e. The number of aromatic nitrogens is 4. The first-order valence-electron chi connectivity index (χ1n) is 8.15. The van der Waals surface area contributed by atoms with E-state index >= 15 is 0 Å². The number of amides is 1. The molecular weight excluding hydrogens is 336 g/mol. The van der Waals surface area contributed by atoms with Gasteiger partial charge in [-0.05, 0) is 12.1 Å². The largest absolute Gasteiger partial charge is 0.346 e. The van der Waals surface area contributed by atoms with Crippen LogP contribution < -0.4 is 5.32 Å². The molecule has 2 aromatic heterocycles. The topological polar surface area (TPSA) is 86.8 Å². The van der Waals surface area contributed by atoms with Gasteiger partial charge in [-0.1, -0.05) is 18.2 Å². The average molecular weight is 354 g/mol. The molecule has 7 nitrogen and oxygen atoms in total. The van der Waals surface area contributed by atoms with E-state index in [2.05, 4.69) is 36.0 Å². The van der Waals surface area contributed by atoms with Gasteiger partial charge in [-0.3, -0.25) is 9.69 Å². The van der Waals surface area contributed by atoms with E-state index in [0.29, 0.717) is 12.1 Å². The van der Waals surface area contributed by atoms with Crippen molar-refractivity contribution in [3.8, 4) is 0 Å². The molecule has 0 saturated heterocycles. The minimum atomic E-state index is -0.0769. The minimum absolute atomic E-state index is 0.0769. The van der Waals surface area contributed by atoms with Gasteiger partial charge in [0.25, 0.3) is 5.91 Å². The third-order valence-corrected chi connectivity index (χ3v) is 5.06. The zero-order valence-corrected chi connectivity index (χ0v) is 14.4. The summed E-state index contributed by atoms with van der Waals surface area (Å²) in [6.07, 6.45) is 0.913. The molecular formula is C17H18N6OS. The molecule has 3 aromatic rings. The third-order valence-electron chi connectivity index (χ3n) is 4.16. The third kappa shape index (κ3) is 3.75. The molecule has 0 unspecified atom stereocenters. The summed E-state index contributed by atoms with van der Waals surface area (Å²) in [5.41, 5.74) is 3.78. The summed E-state index contributed by atoms with van der Waals surface area (Å²) in [6, 6.07) is 9.21. The van der Waals surface area contributed by atoms with Crippen molar-refractivity contribution in [2.24, 2.45) is 0 Å². The summed E-state index contributed by atoms with van der Waals surface area (Å²) >= 11 is 1.58. The number of thiazole rings is 1. The maximum absolute atomic E-state index is 12.1. The smallest absolute Gasteiger partial charge is 0.251 e. The van der Waals surface area contributed by atoms with Crippen molar-refractivity contribution in [1.82, 2.24) is 30.6 Å². The number of carbonyl (C=O) groups excluding carboxylic acids is 1. The second kappa shape index (κ2) is 7.12. The predicted octanol–water partition coefficient (Wildman–Crippen LogP) is 1.75. The van der Waals surface area contributed by atoms with Crippen LogP contribution in [0.15, 0.2) is 35.7 Å². The number of benzene rings is 1. The lowest BCUT2D eigenvalue weighted by molar-refractivity contribution is 0.0951. The van der Waals surface area contributed by atoms with Crippen LogP contribution in [-0.4, -0.2) is 37.7 Å². The highest BCUT2D eigenvalue weighted by atomic mass is 32.1. The van der Waals surface area contributed by atoms with Crippen molar-refractivity contribution in [1.29, 1.82) is 0 Å². The van der Waals surface area contributed by atoms with Crippen LogP contribution in [-0.2, 0) is 26.1 Å². The number of rotatable bonds is 5. The molecule has 8 heteroatoms. The molecule has 1 aliphatic rings. The number of aromatic amines is 1. The molecule has 0 atom stereocenters. The van der Waals surface area contributed by atoms with Crippen molar-refractivity contribution in [2.45, 2.75) is 26.1 Å². The van der Waals surface area contributed by atoms with Gasteiger partial charge >= 0.3 is 0 Å². The zero-order chi connectivity index (χ0) is 17.1. The maximum atomic E-state index is 12.1. The number of fused-ring (bicyclic) bond motifs is 1. The fourth-order valence-electron chi connectivity index (χ4n) is 2.87. The van der Waals surface area contributed by atoms with Crippen molar-refractivity contribution < 1.29 is 4.79 Å². The van der Waals surface area contributed by atoms with Gasteiger partial charge in [0.2, 0.25) is 0 Å². The SMILES string of the molecule is O=C(NCc1nc(CN2CCc3n[nH]nc3C2)cs1)c1ccccc1. The van der Waals surface area contributed by atoms with Crippen LogP contribution in [0, 0.1) is 0 Å². The van der Waals surface area contributed by atoms with E-state index in [4.69, 9.17) is 0 Å². The Bertz CT molecular complexity index is 859. The summed E-state index contributed by atoms with van der Waals surface area (Å²) in [4.78, 5) is 19.0. The molecule has 0 fully saturated rings. The molecule has 0 saturated carbocycles. The van der Waals surface area contributed by atoms with E-state index in [9.17, 15) is 4.79 Å². The first-order valence-corrected chi connectivity index (χ1v) is 9.03. The van der Waals surface area contributed by atoms with Gasteiger partial charge in [-0.15, -0.1) is 11.3 Å². The number of hydrogen-bond acceptors (Lipinski definition) is 6. The molecule has 2 N–H and O–H groups in total. The number of carbonyl (C=O) groups is 1. The Morgan fingerprint density at radius 3 is 2.96 bits per heavy atom. The Morgan fingerprint density at radius 2 is 2.08 bits per heavy atom. The molecule has 0 aliphatic carbocycles. The Balaban J connectivity index is 1.31. The van der Waals surface area contributed by atoms with Crippen molar-refractivity contribution in [3.63, 3.8) is 0 Å².